The molecule has 2 N–H and O–H groups in total. The monoisotopic (exact) mass is 1070 g/mol. The molecule has 0 bridgehead atoms. The second kappa shape index (κ2) is 29.3. The van der Waals surface area contributed by atoms with E-state index in [2.05, 4.69) is 58.8 Å². The highest BCUT2D eigenvalue weighted by Crippen LogP contribution is 2.46. The summed E-state index contributed by atoms with van der Waals surface area (Å²) in [6.07, 6.45) is -27.7. The van der Waals surface area contributed by atoms with Gasteiger partial charge in [-0.05, 0) is 80.1 Å². The number of carbonyl (C=O) groups is 5. The molecule has 408 valence electrons. The van der Waals surface area contributed by atoms with Crippen molar-refractivity contribution in [2.45, 2.75) is 160 Å². The molecule has 0 amide bonds. The molecule has 1 aliphatic rings. The molecule has 2 atom stereocenters. The van der Waals surface area contributed by atoms with Gasteiger partial charge >= 0.3 is 60.5 Å². The van der Waals surface area contributed by atoms with Crippen LogP contribution in [-0.2, 0) is 57.8 Å². The highest BCUT2D eigenvalue weighted by atomic mass is 32.2. The van der Waals surface area contributed by atoms with Crippen molar-refractivity contribution in [3.05, 3.63) is 60.6 Å². The van der Waals surface area contributed by atoms with Crippen molar-refractivity contribution < 1.29 is 127 Å². The van der Waals surface area contributed by atoms with Crippen molar-refractivity contribution in [2.24, 2.45) is 0 Å². The smallest absolute Gasteiger partial charge is 0.434 e. The molecule has 0 aliphatic heterocycles. The van der Waals surface area contributed by atoms with Crippen LogP contribution in [-0.4, -0.2) is 115 Å². The summed E-state index contributed by atoms with van der Waals surface area (Å²) in [4.78, 5) is 55.0. The minimum atomic E-state index is -5.94. The maximum absolute atomic E-state index is 13.5. The van der Waals surface area contributed by atoms with Gasteiger partial charge in [-0.1, -0.05) is 46.7 Å². The standard InChI is InChI=1S/C11H16F2O4.C11H18O2.C10H12F6O3.C7H6F6O2.C2H4O3S/c1-5-8(17-9(14)7(3)4)11(12,13)10(15)16-6-2;1-4-11(7-5-6-8-11)13-10(12)9(2)3;1-5(2)7(17)19-6(3)4-8(18,9(11,12)13)10(14,15)16;1-3(2)4(14)15-5(6(8,9)10)7(11,12)13;1-2-6(3,4)5/h8H,3,5-6H2,1-2,4H3;2,4-8H2,1,3H3;6,18H,1,4H2,2-3H3;5H,1H2,2H3;2H,1H2,(H,3,4,5). The molecule has 70 heavy (non-hydrogen) atoms. The van der Waals surface area contributed by atoms with Crippen LogP contribution in [0.2, 0.25) is 0 Å². The maximum Gasteiger partial charge on any atom is 0.434 e. The molecule has 14 nitrogen and oxygen atoms in total. The number of aliphatic hydroxyl groups is 1. The molecule has 0 saturated heterocycles. The summed E-state index contributed by atoms with van der Waals surface area (Å²) in [6.45, 7) is 26.3. The number of hydrogen-bond donors (Lipinski definition) is 2. The van der Waals surface area contributed by atoms with E-state index in [4.69, 9.17) is 14.4 Å². The Balaban J connectivity index is -0.000000401. The third-order valence-electron chi connectivity index (χ3n) is 8.29. The number of carbonyl (C=O) groups excluding carboxylic acids is 5. The molecule has 0 aromatic carbocycles. The van der Waals surface area contributed by atoms with Gasteiger partial charge in [-0.15, -0.1) is 0 Å². The average molecular weight is 1070 g/mol. The zero-order valence-electron chi connectivity index (χ0n) is 39.0. The molecule has 0 aromatic heterocycles. The lowest BCUT2D eigenvalue weighted by Gasteiger charge is -2.33. The minimum Gasteiger partial charge on any atom is -0.461 e. The Hall–Kier alpha value is -5.06. The molecule has 0 spiro atoms. The van der Waals surface area contributed by atoms with Crippen molar-refractivity contribution in [1.82, 2.24) is 0 Å². The predicted molar refractivity (Wildman–Crippen MR) is 220 cm³/mol. The van der Waals surface area contributed by atoms with Gasteiger partial charge < -0.3 is 28.8 Å². The first-order valence-corrected chi connectivity index (χ1v) is 21.2. The van der Waals surface area contributed by atoms with Crippen LogP contribution in [0.15, 0.2) is 60.6 Å². The average Bonchev–Trinajstić information content (AvgIpc) is 3.66. The second-order valence-corrected chi connectivity index (χ2v) is 16.1. The fourth-order valence-electron chi connectivity index (χ4n) is 4.49. The summed E-state index contributed by atoms with van der Waals surface area (Å²) >= 11 is 0. The molecule has 1 fully saturated rings. The lowest BCUT2D eigenvalue weighted by molar-refractivity contribution is -0.373. The van der Waals surface area contributed by atoms with Crippen LogP contribution in [0.3, 0.4) is 0 Å². The SMILES string of the molecule is C=C(C)C(=O)OC(C(F)(F)F)C(F)(F)F.C=C(C)C(=O)OC(C)CC(O)(C(F)(F)F)C(F)(F)F.C=C(C)C(=O)OC(CC)C(F)(F)C(=O)OCC.C=C(C)C(=O)OC1(CC)CCCC1.C=CS(=O)(=O)O. The van der Waals surface area contributed by atoms with E-state index >= 15 is 0 Å². The highest BCUT2D eigenvalue weighted by molar-refractivity contribution is 7.88. The zero-order chi connectivity index (χ0) is 56.8. The van der Waals surface area contributed by atoms with Crippen LogP contribution in [0.5, 0.6) is 0 Å². The van der Waals surface area contributed by atoms with Crippen LogP contribution >= 0.6 is 0 Å². The van der Waals surface area contributed by atoms with Crippen molar-refractivity contribution in [3.8, 4) is 0 Å². The Morgan fingerprint density at radius 1 is 0.657 bits per heavy atom. The van der Waals surface area contributed by atoms with Crippen LogP contribution in [0.1, 0.15) is 100 Å². The van der Waals surface area contributed by atoms with E-state index in [-0.39, 0.29) is 35.7 Å². The Morgan fingerprint density at radius 3 is 1.27 bits per heavy atom. The lowest BCUT2D eigenvalue weighted by Crippen LogP contribution is -2.58. The molecule has 1 aliphatic carbocycles. The molecular weight excluding hydrogens is 1010 g/mol. The van der Waals surface area contributed by atoms with Crippen molar-refractivity contribution in [2.75, 3.05) is 6.61 Å². The van der Waals surface area contributed by atoms with Crippen LogP contribution in [0.25, 0.3) is 0 Å². The topological polar surface area (TPSA) is 206 Å². The van der Waals surface area contributed by atoms with Gasteiger partial charge in [0.05, 0.1) is 12.0 Å². The molecule has 1 rings (SSSR count). The zero-order valence-corrected chi connectivity index (χ0v) is 39.8. The van der Waals surface area contributed by atoms with Crippen LogP contribution in [0, 0.1) is 0 Å². The van der Waals surface area contributed by atoms with E-state index in [0.29, 0.717) is 11.0 Å². The highest BCUT2D eigenvalue weighted by Gasteiger charge is 2.70. The van der Waals surface area contributed by atoms with E-state index in [0.717, 1.165) is 33.1 Å². The van der Waals surface area contributed by atoms with E-state index in [1.807, 2.05) is 0 Å². The first kappa shape index (κ1) is 71.5. The van der Waals surface area contributed by atoms with Crippen molar-refractivity contribution in [1.29, 1.82) is 0 Å². The van der Waals surface area contributed by atoms with Gasteiger partial charge in [0, 0.05) is 28.7 Å². The second-order valence-electron chi connectivity index (χ2n) is 14.7. The number of alkyl halides is 14. The molecule has 2 unspecified atom stereocenters. The summed E-state index contributed by atoms with van der Waals surface area (Å²) in [5.74, 6) is -9.62. The Labute approximate surface area is 394 Å². The summed E-state index contributed by atoms with van der Waals surface area (Å²) in [6, 6.07) is 0. The van der Waals surface area contributed by atoms with Gasteiger partial charge in [0.2, 0.25) is 0 Å². The van der Waals surface area contributed by atoms with Gasteiger partial charge in [0.25, 0.3) is 21.8 Å². The van der Waals surface area contributed by atoms with Crippen molar-refractivity contribution >= 4 is 40.0 Å². The molecule has 0 aromatic rings. The first-order valence-electron chi connectivity index (χ1n) is 19.7. The van der Waals surface area contributed by atoms with Gasteiger partial charge in [-0.2, -0.15) is 69.9 Å². The van der Waals surface area contributed by atoms with E-state index in [1.54, 1.807) is 6.92 Å². The van der Waals surface area contributed by atoms with Crippen LogP contribution in [0.4, 0.5) is 61.5 Å². The number of rotatable bonds is 16. The predicted octanol–water partition coefficient (Wildman–Crippen LogP) is 10.3. The summed E-state index contributed by atoms with van der Waals surface area (Å²) in [5.41, 5.74) is -5.35. The lowest BCUT2D eigenvalue weighted by atomic mass is 9.95. The third-order valence-corrected chi connectivity index (χ3v) is 8.71. The fraction of sp³-hybridized carbons (Fsp3) is 0.634. The van der Waals surface area contributed by atoms with E-state index in [1.165, 1.54) is 40.5 Å². The quantitative estimate of drug-likeness (QED) is 0.0485. The third kappa shape index (κ3) is 26.8. The Morgan fingerprint density at radius 2 is 1.00 bits per heavy atom. The van der Waals surface area contributed by atoms with E-state index in [9.17, 15) is 93.9 Å². The minimum absolute atomic E-state index is 0.0110. The Kier molecular flexibility index (Phi) is 29.9. The number of halogens is 14. The molecule has 1 saturated carbocycles. The maximum atomic E-state index is 13.5. The van der Waals surface area contributed by atoms with Crippen molar-refractivity contribution in [3.63, 3.8) is 0 Å². The number of esters is 5. The van der Waals surface area contributed by atoms with Gasteiger partial charge in [-0.3, -0.25) is 4.55 Å². The summed E-state index contributed by atoms with van der Waals surface area (Å²) in [7, 11) is -3.90. The van der Waals surface area contributed by atoms with Gasteiger partial charge in [-0.25, -0.2) is 24.0 Å². The normalized spacial score (nSPS) is 14.5. The number of ether oxygens (including phenoxy) is 5. The van der Waals surface area contributed by atoms with Gasteiger partial charge in [0.15, 0.2) is 6.10 Å². The molecular formula is C41H56F14O14S. The van der Waals surface area contributed by atoms with Crippen LogP contribution < -0.4 is 0 Å². The first-order chi connectivity index (χ1) is 31.1. The van der Waals surface area contributed by atoms with E-state index < -0.39 is 101 Å². The molecule has 29 heteroatoms. The number of hydrogen-bond acceptors (Lipinski definition) is 13. The van der Waals surface area contributed by atoms with Gasteiger partial charge in [0.1, 0.15) is 11.7 Å². The Bertz CT molecular complexity index is 1870. The largest absolute Gasteiger partial charge is 0.461 e. The molecule has 0 radical (unpaired) electrons. The summed E-state index contributed by atoms with van der Waals surface area (Å²) in [5, 5.41) is 9.31. The fourth-order valence-corrected chi connectivity index (χ4v) is 4.49. The summed E-state index contributed by atoms with van der Waals surface area (Å²) < 4.78 is 220. The molecule has 0 heterocycles.